The second-order valence-corrected chi connectivity index (χ2v) is 4.55. The first-order chi connectivity index (χ1) is 6.47. The van der Waals surface area contributed by atoms with Gasteiger partial charge in [-0.2, -0.15) is 0 Å². The van der Waals surface area contributed by atoms with Crippen molar-refractivity contribution >= 4 is 0 Å². The molecule has 0 aromatic rings. The molecule has 2 rings (SSSR count). The third-order valence-corrected chi connectivity index (χ3v) is 3.58. The van der Waals surface area contributed by atoms with E-state index in [1.54, 1.807) is 0 Å². The summed E-state index contributed by atoms with van der Waals surface area (Å²) in [6.45, 7) is 2.68. The van der Waals surface area contributed by atoms with E-state index in [2.05, 4.69) is 11.3 Å². The number of piperidine rings is 1. The maximum atomic E-state index is 2.74. The first-order valence-electron chi connectivity index (χ1n) is 6.02. The number of hydrogen-bond acceptors (Lipinski definition) is 1. The van der Waals surface area contributed by atoms with Crippen molar-refractivity contribution < 1.29 is 0 Å². The van der Waals surface area contributed by atoms with Crippen molar-refractivity contribution in [3.8, 4) is 0 Å². The highest BCUT2D eigenvalue weighted by atomic mass is 15.2. The molecule has 1 nitrogen and oxygen atoms in total. The van der Waals surface area contributed by atoms with E-state index >= 15 is 0 Å². The minimum Gasteiger partial charge on any atom is -0.300 e. The monoisotopic (exact) mass is 180 g/mol. The summed E-state index contributed by atoms with van der Waals surface area (Å²) in [4.78, 5) is 2.74. The second-order valence-electron chi connectivity index (χ2n) is 4.55. The Labute approximate surface area is 82.5 Å². The van der Waals surface area contributed by atoms with Crippen LogP contribution in [0.3, 0.4) is 0 Å². The third kappa shape index (κ3) is 2.70. The maximum absolute atomic E-state index is 2.74. The van der Waals surface area contributed by atoms with Gasteiger partial charge in [0, 0.05) is 6.04 Å². The lowest BCUT2D eigenvalue weighted by Gasteiger charge is -2.33. The lowest BCUT2D eigenvalue weighted by Crippen LogP contribution is -2.38. The summed E-state index contributed by atoms with van der Waals surface area (Å²) in [5.41, 5.74) is 0. The fourth-order valence-corrected chi connectivity index (χ4v) is 2.76. The van der Waals surface area contributed by atoms with Crippen molar-refractivity contribution in [1.82, 2.24) is 4.90 Å². The predicted molar refractivity (Wildman–Crippen MR) is 56.6 cm³/mol. The van der Waals surface area contributed by atoms with Gasteiger partial charge in [-0.05, 0) is 45.2 Å². The smallest absolute Gasteiger partial charge is 0.00952 e. The summed E-state index contributed by atoms with van der Waals surface area (Å²) in [6, 6.07) is 0.941. The van der Waals surface area contributed by atoms with Gasteiger partial charge in [-0.3, -0.25) is 0 Å². The molecule has 1 saturated heterocycles. The van der Waals surface area contributed by atoms with E-state index < -0.39 is 0 Å². The molecule has 0 amide bonds. The van der Waals surface area contributed by atoms with Crippen LogP contribution in [-0.2, 0) is 0 Å². The Bertz CT molecular complexity index is 130. The van der Waals surface area contributed by atoms with Crippen LogP contribution in [0.2, 0.25) is 0 Å². The van der Waals surface area contributed by atoms with Crippen molar-refractivity contribution in [2.45, 2.75) is 57.4 Å². The van der Waals surface area contributed by atoms with Crippen LogP contribution in [0.5, 0.6) is 0 Å². The van der Waals surface area contributed by atoms with Crippen LogP contribution in [-0.4, -0.2) is 24.0 Å². The van der Waals surface area contributed by atoms with E-state index in [1.807, 2.05) is 0 Å². The van der Waals surface area contributed by atoms with E-state index in [0.717, 1.165) is 6.04 Å². The molecule has 1 radical (unpaired) electrons. The first kappa shape index (κ1) is 9.51. The molecule has 1 heteroatoms. The standard InChI is InChI=1S/C12H22N/c1-2-5-9-12(8-4-1)13-10-6-3-7-11-13/h3,12H,1-2,4-11H2. The van der Waals surface area contributed by atoms with E-state index in [0.29, 0.717) is 0 Å². The van der Waals surface area contributed by atoms with E-state index in [9.17, 15) is 0 Å². The van der Waals surface area contributed by atoms with Crippen molar-refractivity contribution in [3.05, 3.63) is 6.42 Å². The molecule has 0 N–H and O–H groups in total. The molecule has 1 aliphatic carbocycles. The molecule has 2 fully saturated rings. The topological polar surface area (TPSA) is 3.24 Å². The van der Waals surface area contributed by atoms with Gasteiger partial charge in [-0.1, -0.05) is 25.7 Å². The van der Waals surface area contributed by atoms with Gasteiger partial charge < -0.3 is 4.90 Å². The largest absolute Gasteiger partial charge is 0.300 e. The van der Waals surface area contributed by atoms with Gasteiger partial charge >= 0.3 is 0 Å². The molecule has 1 heterocycles. The summed E-state index contributed by atoms with van der Waals surface area (Å²) >= 11 is 0. The molecular formula is C12H22N. The molecule has 13 heavy (non-hydrogen) atoms. The minimum atomic E-state index is 0.941. The first-order valence-corrected chi connectivity index (χ1v) is 6.02. The van der Waals surface area contributed by atoms with Gasteiger partial charge in [0.25, 0.3) is 0 Å². The maximum Gasteiger partial charge on any atom is 0.00952 e. The Morgan fingerprint density at radius 1 is 0.846 bits per heavy atom. The summed E-state index contributed by atoms with van der Waals surface area (Å²) < 4.78 is 0. The van der Waals surface area contributed by atoms with Crippen molar-refractivity contribution in [3.63, 3.8) is 0 Å². The van der Waals surface area contributed by atoms with Crippen LogP contribution >= 0.6 is 0 Å². The normalized spacial score (nSPS) is 28.6. The van der Waals surface area contributed by atoms with Crippen LogP contribution in [0.4, 0.5) is 0 Å². The van der Waals surface area contributed by atoms with Crippen molar-refractivity contribution in [2.24, 2.45) is 0 Å². The van der Waals surface area contributed by atoms with Crippen LogP contribution < -0.4 is 0 Å². The molecule has 0 aromatic carbocycles. The fraction of sp³-hybridized carbons (Fsp3) is 0.917. The second kappa shape index (κ2) is 4.99. The Morgan fingerprint density at radius 2 is 1.46 bits per heavy atom. The average molecular weight is 180 g/mol. The average Bonchev–Trinajstić information content (AvgIpc) is 2.47. The van der Waals surface area contributed by atoms with Gasteiger partial charge in [0.1, 0.15) is 0 Å². The molecule has 0 unspecified atom stereocenters. The number of hydrogen-bond donors (Lipinski definition) is 0. The van der Waals surface area contributed by atoms with E-state index in [-0.39, 0.29) is 0 Å². The van der Waals surface area contributed by atoms with E-state index in [4.69, 9.17) is 0 Å². The number of rotatable bonds is 1. The molecule has 0 bridgehead atoms. The highest BCUT2D eigenvalue weighted by Crippen LogP contribution is 2.24. The van der Waals surface area contributed by atoms with Crippen LogP contribution in [0, 0.1) is 6.42 Å². The molecule has 1 saturated carbocycles. The van der Waals surface area contributed by atoms with Gasteiger partial charge in [-0.25, -0.2) is 0 Å². The summed E-state index contributed by atoms with van der Waals surface area (Å²) in [5, 5.41) is 0. The van der Waals surface area contributed by atoms with Gasteiger partial charge in [-0.15, -0.1) is 0 Å². The zero-order valence-electron chi connectivity index (χ0n) is 8.67. The highest BCUT2D eigenvalue weighted by molar-refractivity contribution is 4.82. The fourth-order valence-electron chi connectivity index (χ4n) is 2.76. The Balaban J connectivity index is 1.82. The summed E-state index contributed by atoms with van der Waals surface area (Å²) in [5.74, 6) is 0. The number of nitrogens with zero attached hydrogens (tertiary/aromatic N) is 1. The van der Waals surface area contributed by atoms with Crippen LogP contribution in [0.15, 0.2) is 0 Å². The molecular weight excluding hydrogens is 158 g/mol. The molecule has 0 atom stereocenters. The Morgan fingerprint density at radius 3 is 2.08 bits per heavy atom. The zero-order chi connectivity index (χ0) is 8.93. The minimum absolute atomic E-state index is 0.941. The van der Waals surface area contributed by atoms with Crippen LogP contribution in [0.1, 0.15) is 51.4 Å². The lowest BCUT2D eigenvalue weighted by atomic mass is 10.0. The number of likely N-dealkylation sites (tertiary alicyclic amines) is 1. The Kier molecular flexibility index (Phi) is 3.65. The molecule has 75 valence electrons. The van der Waals surface area contributed by atoms with E-state index in [1.165, 1.54) is 64.5 Å². The molecule has 0 aromatic heterocycles. The van der Waals surface area contributed by atoms with Gasteiger partial charge in [0.15, 0.2) is 0 Å². The zero-order valence-corrected chi connectivity index (χ0v) is 8.67. The van der Waals surface area contributed by atoms with Gasteiger partial charge in [0.2, 0.25) is 0 Å². The molecule has 1 aliphatic heterocycles. The summed E-state index contributed by atoms with van der Waals surface area (Å²) in [6.07, 6.45) is 14.0. The highest BCUT2D eigenvalue weighted by Gasteiger charge is 2.21. The molecule has 0 spiro atoms. The van der Waals surface area contributed by atoms with Crippen molar-refractivity contribution in [1.29, 1.82) is 0 Å². The lowest BCUT2D eigenvalue weighted by molar-refractivity contribution is 0.165. The predicted octanol–water partition coefficient (Wildman–Crippen LogP) is 3.01. The third-order valence-electron chi connectivity index (χ3n) is 3.58. The Hall–Kier alpha value is -0.0400. The summed E-state index contributed by atoms with van der Waals surface area (Å²) in [7, 11) is 0. The quantitative estimate of drug-likeness (QED) is 0.561. The SMILES string of the molecule is [CH]1CCN(C2CCCCCC2)CC1. The van der Waals surface area contributed by atoms with Gasteiger partial charge in [0.05, 0.1) is 0 Å². The van der Waals surface area contributed by atoms with Crippen molar-refractivity contribution in [2.75, 3.05) is 13.1 Å². The molecule has 2 aliphatic rings. The van der Waals surface area contributed by atoms with Crippen LogP contribution in [0.25, 0.3) is 0 Å².